The summed E-state index contributed by atoms with van der Waals surface area (Å²) in [5.74, 6) is 1.33. The molecule has 3 rings (SSSR count). The molecule has 6 heteroatoms. The molecule has 1 aliphatic carbocycles. The number of benzene rings is 1. The lowest BCUT2D eigenvalue weighted by atomic mass is 10.0. The Kier molecular flexibility index (Phi) is 3.70. The molecule has 1 heterocycles. The summed E-state index contributed by atoms with van der Waals surface area (Å²) in [4.78, 5) is 16.6. The number of aliphatic hydroxyl groups excluding tert-OH is 1. The van der Waals surface area contributed by atoms with E-state index in [9.17, 15) is 9.90 Å². The van der Waals surface area contributed by atoms with Gasteiger partial charge in [-0.3, -0.25) is 4.79 Å². The van der Waals surface area contributed by atoms with Gasteiger partial charge in [0, 0.05) is 17.0 Å². The fraction of sp³-hybridized carbons (Fsp3) is 0.438. The lowest BCUT2D eigenvalue weighted by molar-refractivity contribution is 0.0869. The van der Waals surface area contributed by atoms with Crippen LogP contribution >= 0.6 is 0 Å². The fourth-order valence-electron chi connectivity index (χ4n) is 2.07. The first kappa shape index (κ1) is 14.7. The van der Waals surface area contributed by atoms with Crippen LogP contribution in [0.15, 0.2) is 28.8 Å². The zero-order valence-electron chi connectivity index (χ0n) is 12.7. The molecule has 1 saturated carbocycles. The smallest absolute Gasteiger partial charge is 0.251 e. The molecule has 22 heavy (non-hydrogen) atoms. The standard InChI is InChI=1S/C16H19N3O3/c1-16(2,9-20)18-14(21)12-5-3-4-11(8-12)13-17-15(22-19-13)10-6-7-10/h3-5,8,10,20H,6-7,9H2,1-2H3,(H,18,21). The van der Waals surface area contributed by atoms with Gasteiger partial charge in [-0.25, -0.2) is 0 Å². The Bertz CT molecular complexity index is 689. The van der Waals surface area contributed by atoms with Crippen LogP contribution in [0.1, 0.15) is 48.9 Å². The van der Waals surface area contributed by atoms with E-state index >= 15 is 0 Å². The second-order valence-electron chi connectivity index (χ2n) is 6.31. The Hall–Kier alpha value is -2.21. The van der Waals surface area contributed by atoms with E-state index in [1.54, 1.807) is 32.0 Å². The zero-order chi connectivity index (χ0) is 15.7. The van der Waals surface area contributed by atoms with E-state index in [0.29, 0.717) is 23.2 Å². The van der Waals surface area contributed by atoms with Gasteiger partial charge in [0.15, 0.2) is 0 Å². The fourth-order valence-corrected chi connectivity index (χ4v) is 2.07. The van der Waals surface area contributed by atoms with E-state index in [-0.39, 0.29) is 12.5 Å². The molecule has 1 amide bonds. The lowest BCUT2D eigenvalue weighted by Gasteiger charge is -2.23. The first-order valence-electron chi connectivity index (χ1n) is 7.36. The maximum absolute atomic E-state index is 12.2. The Morgan fingerprint density at radius 2 is 2.23 bits per heavy atom. The minimum absolute atomic E-state index is 0.131. The predicted octanol–water partition coefficient (Wildman–Crippen LogP) is 2.11. The third kappa shape index (κ3) is 3.17. The van der Waals surface area contributed by atoms with Gasteiger partial charge in [0.25, 0.3) is 5.91 Å². The molecular weight excluding hydrogens is 282 g/mol. The number of aliphatic hydroxyl groups is 1. The molecule has 2 aromatic rings. The summed E-state index contributed by atoms with van der Waals surface area (Å²) >= 11 is 0. The van der Waals surface area contributed by atoms with Crippen LogP contribution in [-0.4, -0.2) is 33.3 Å². The Balaban J connectivity index is 1.80. The summed E-state index contributed by atoms with van der Waals surface area (Å²) in [5, 5.41) is 16.0. The molecule has 1 aliphatic rings. The molecule has 1 fully saturated rings. The summed E-state index contributed by atoms with van der Waals surface area (Å²) in [6, 6.07) is 7.07. The Labute approximate surface area is 128 Å². The molecule has 6 nitrogen and oxygen atoms in total. The normalized spacial score (nSPS) is 14.9. The number of nitrogens with zero attached hydrogens (tertiary/aromatic N) is 2. The van der Waals surface area contributed by atoms with Crippen LogP contribution in [0.3, 0.4) is 0 Å². The van der Waals surface area contributed by atoms with Crippen molar-refractivity contribution in [2.75, 3.05) is 6.61 Å². The van der Waals surface area contributed by atoms with Gasteiger partial charge in [-0.1, -0.05) is 17.3 Å². The van der Waals surface area contributed by atoms with Crippen LogP contribution in [0.2, 0.25) is 0 Å². The van der Waals surface area contributed by atoms with Crippen molar-refractivity contribution in [1.82, 2.24) is 15.5 Å². The second kappa shape index (κ2) is 5.53. The molecule has 0 radical (unpaired) electrons. The van der Waals surface area contributed by atoms with Crippen LogP contribution in [-0.2, 0) is 0 Å². The highest BCUT2D eigenvalue weighted by Crippen LogP contribution is 2.39. The van der Waals surface area contributed by atoms with Crippen LogP contribution in [0.4, 0.5) is 0 Å². The van der Waals surface area contributed by atoms with Crippen molar-refractivity contribution in [3.8, 4) is 11.4 Å². The molecule has 0 atom stereocenters. The average Bonchev–Trinajstić information content (AvgIpc) is 3.24. The Morgan fingerprint density at radius 1 is 1.45 bits per heavy atom. The van der Waals surface area contributed by atoms with Crippen molar-refractivity contribution in [2.24, 2.45) is 0 Å². The van der Waals surface area contributed by atoms with Gasteiger partial charge in [-0.2, -0.15) is 4.98 Å². The van der Waals surface area contributed by atoms with Crippen LogP contribution in [0, 0.1) is 0 Å². The molecule has 0 spiro atoms. The number of carbonyl (C=O) groups is 1. The van der Waals surface area contributed by atoms with Gasteiger partial charge in [-0.05, 0) is 38.8 Å². The third-order valence-electron chi connectivity index (χ3n) is 3.60. The summed E-state index contributed by atoms with van der Waals surface area (Å²) in [6.07, 6.45) is 2.20. The zero-order valence-corrected chi connectivity index (χ0v) is 12.7. The van der Waals surface area contributed by atoms with Crippen LogP contribution in [0.5, 0.6) is 0 Å². The molecule has 0 unspecified atom stereocenters. The molecule has 2 N–H and O–H groups in total. The number of hydrogen-bond acceptors (Lipinski definition) is 5. The number of aromatic nitrogens is 2. The SMILES string of the molecule is CC(C)(CO)NC(=O)c1cccc(-c2noc(C3CC3)n2)c1. The maximum Gasteiger partial charge on any atom is 0.251 e. The third-order valence-corrected chi connectivity index (χ3v) is 3.60. The van der Waals surface area contributed by atoms with Gasteiger partial charge in [0.2, 0.25) is 11.7 Å². The predicted molar refractivity (Wildman–Crippen MR) is 80.3 cm³/mol. The first-order valence-corrected chi connectivity index (χ1v) is 7.36. The summed E-state index contributed by atoms with van der Waals surface area (Å²) in [6.45, 7) is 3.39. The maximum atomic E-state index is 12.2. The highest BCUT2D eigenvalue weighted by molar-refractivity contribution is 5.95. The second-order valence-corrected chi connectivity index (χ2v) is 6.31. The minimum Gasteiger partial charge on any atom is -0.394 e. The van der Waals surface area contributed by atoms with E-state index < -0.39 is 5.54 Å². The van der Waals surface area contributed by atoms with Gasteiger partial charge in [-0.15, -0.1) is 0 Å². The number of nitrogens with one attached hydrogen (secondary N) is 1. The Morgan fingerprint density at radius 3 is 2.91 bits per heavy atom. The summed E-state index contributed by atoms with van der Waals surface area (Å²) in [5.41, 5.74) is 0.570. The van der Waals surface area contributed by atoms with Crippen LogP contribution in [0.25, 0.3) is 11.4 Å². The quantitative estimate of drug-likeness (QED) is 0.883. The largest absolute Gasteiger partial charge is 0.394 e. The number of amides is 1. The summed E-state index contributed by atoms with van der Waals surface area (Å²) < 4.78 is 5.25. The molecule has 1 aromatic carbocycles. The highest BCUT2D eigenvalue weighted by atomic mass is 16.5. The first-order chi connectivity index (χ1) is 10.5. The molecule has 1 aromatic heterocycles. The average molecular weight is 301 g/mol. The number of rotatable bonds is 5. The molecule has 0 bridgehead atoms. The minimum atomic E-state index is -0.668. The van der Waals surface area contributed by atoms with E-state index in [0.717, 1.165) is 18.4 Å². The van der Waals surface area contributed by atoms with Crippen molar-refractivity contribution in [2.45, 2.75) is 38.1 Å². The van der Waals surface area contributed by atoms with Crippen molar-refractivity contribution >= 4 is 5.91 Å². The number of hydrogen-bond donors (Lipinski definition) is 2. The van der Waals surface area contributed by atoms with E-state index in [2.05, 4.69) is 15.5 Å². The van der Waals surface area contributed by atoms with Gasteiger partial charge in [0.1, 0.15) is 0 Å². The summed E-state index contributed by atoms with van der Waals surface area (Å²) in [7, 11) is 0. The molecule has 116 valence electrons. The lowest BCUT2D eigenvalue weighted by Crippen LogP contribution is -2.46. The van der Waals surface area contributed by atoms with Crippen molar-refractivity contribution in [3.63, 3.8) is 0 Å². The van der Waals surface area contributed by atoms with Crippen molar-refractivity contribution in [1.29, 1.82) is 0 Å². The number of carbonyl (C=O) groups excluding carboxylic acids is 1. The monoisotopic (exact) mass is 301 g/mol. The van der Waals surface area contributed by atoms with Crippen molar-refractivity contribution < 1.29 is 14.4 Å². The molecular formula is C16H19N3O3. The van der Waals surface area contributed by atoms with Gasteiger partial charge < -0.3 is 14.9 Å². The van der Waals surface area contributed by atoms with Gasteiger partial charge in [0.05, 0.1) is 12.1 Å². The van der Waals surface area contributed by atoms with E-state index in [1.807, 2.05) is 6.07 Å². The van der Waals surface area contributed by atoms with Crippen LogP contribution < -0.4 is 5.32 Å². The van der Waals surface area contributed by atoms with Crippen molar-refractivity contribution in [3.05, 3.63) is 35.7 Å². The highest BCUT2D eigenvalue weighted by Gasteiger charge is 2.29. The van der Waals surface area contributed by atoms with Gasteiger partial charge >= 0.3 is 0 Å². The topological polar surface area (TPSA) is 88.2 Å². The van der Waals surface area contributed by atoms with E-state index in [4.69, 9.17) is 4.52 Å². The molecule has 0 saturated heterocycles. The van der Waals surface area contributed by atoms with E-state index in [1.165, 1.54) is 0 Å². The molecule has 0 aliphatic heterocycles.